The van der Waals surface area contributed by atoms with E-state index in [0.29, 0.717) is 19.0 Å². The molecule has 2 unspecified atom stereocenters. The van der Waals surface area contributed by atoms with Crippen LogP contribution in [0, 0.1) is 5.92 Å². The molecule has 272 valence electrons. The summed E-state index contributed by atoms with van der Waals surface area (Å²) in [5.41, 5.74) is 7.20. The summed E-state index contributed by atoms with van der Waals surface area (Å²) >= 11 is 0. The highest BCUT2D eigenvalue weighted by Crippen LogP contribution is 2.58. The van der Waals surface area contributed by atoms with Gasteiger partial charge in [0.05, 0.1) is 6.61 Å². The fraction of sp³-hybridized carbons (Fsp3) is 0.721. The zero-order valence-electron chi connectivity index (χ0n) is 33.1. The van der Waals surface area contributed by atoms with E-state index in [4.69, 9.17) is 4.52 Å². The van der Waals surface area contributed by atoms with Crippen molar-refractivity contribution in [2.75, 3.05) is 12.8 Å². The number of phenolic OH excluding ortho intramolecular Hbond substituents is 2. The topological polar surface area (TPSA) is 49.7 Å². The molecule has 0 aliphatic heterocycles. The quantitative estimate of drug-likeness (QED) is 0.270. The van der Waals surface area contributed by atoms with Crippen molar-refractivity contribution < 1.29 is 14.7 Å². The van der Waals surface area contributed by atoms with Crippen LogP contribution >= 0.6 is 17.4 Å². The molecule has 0 saturated heterocycles. The van der Waals surface area contributed by atoms with Crippen LogP contribution < -0.4 is 0 Å². The number of rotatable bonds is 8. The van der Waals surface area contributed by atoms with Gasteiger partial charge in [-0.15, -0.1) is 7.92 Å². The molecular weight excluding hydrogens is 626 g/mol. The Morgan fingerprint density at radius 3 is 1.29 bits per heavy atom. The molecule has 0 amide bonds. The normalized spacial score (nSPS) is 17.6. The van der Waals surface area contributed by atoms with E-state index in [1.807, 2.05) is 0 Å². The predicted octanol–water partition coefficient (Wildman–Crippen LogP) is 13.1. The zero-order valence-corrected chi connectivity index (χ0v) is 35.2. The van der Waals surface area contributed by atoms with Crippen molar-refractivity contribution >= 4 is 17.4 Å². The second kappa shape index (κ2) is 16.5. The van der Waals surface area contributed by atoms with Crippen LogP contribution in [0.5, 0.6) is 11.5 Å². The number of phenols is 2. The maximum atomic E-state index is 11.4. The van der Waals surface area contributed by atoms with Gasteiger partial charge in [-0.1, -0.05) is 128 Å². The van der Waals surface area contributed by atoms with Gasteiger partial charge in [0.25, 0.3) is 0 Å². The first-order chi connectivity index (χ1) is 22.1. The summed E-state index contributed by atoms with van der Waals surface area (Å²) in [5.74, 6) is 1.39. The van der Waals surface area contributed by atoms with Crippen LogP contribution in [0.15, 0.2) is 24.3 Å². The van der Waals surface area contributed by atoms with E-state index in [0.717, 1.165) is 46.1 Å². The molecule has 48 heavy (non-hydrogen) atoms. The lowest BCUT2D eigenvalue weighted by Gasteiger charge is -2.32. The Hall–Kier alpha value is -1.14. The highest BCUT2D eigenvalue weighted by Gasteiger charge is 2.34. The summed E-state index contributed by atoms with van der Waals surface area (Å²) in [6, 6.07) is 8.35. The van der Waals surface area contributed by atoms with Gasteiger partial charge < -0.3 is 14.7 Å². The molecule has 0 aromatic heterocycles. The smallest absolute Gasteiger partial charge is 0.127 e. The van der Waals surface area contributed by atoms with Gasteiger partial charge in [-0.05, 0) is 100 Å². The molecule has 2 aromatic carbocycles. The molecule has 5 heteroatoms. The second-order valence-corrected chi connectivity index (χ2v) is 22.4. The highest BCUT2D eigenvalue weighted by molar-refractivity contribution is 7.59. The van der Waals surface area contributed by atoms with Crippen molar-refractivity contribution in [3.05, 3.63) is 46.5 Å². The van der Waals surface area contributed by atoms with Crippen LogP contribution in [0.4, 0.5) is 0 Å². The summed E-state index contributed by atoms with van der Waals surface area (Å²) in [4.78, 5) is 0. The Labute approximate surface area is 299 Å². The van der Waals surface area contributed by atoms with E-state index in [1.165, 1.54) is 38.3 Å². The lowest BCUT2D eigenvalue weighted by molar-refractivity contribution is 0.334. The minimum atomic E-state index is -0.218. The predicted molar refractivity (Wildman–Crippen MR) is 216 cm³/mol. The first-order valence-corrected chi connectivity index (χ1v) is 21.0. The molecule has 3 nitrogen and oxygen atoms in total. The largest absolute Gasteiger partial charge is 0.507 e. The highest BCUT2D eigenvalue weighted by atomic mass is 31.1. The van der Waals surface area contributed by atoms with Gasteiger partial charge in [0.15, 0.2) is 0 Å². The summed E-state index contributed by atoms with van der Waals surface area (Å²) in [5, 5.41) is 22.7. The number of hydrogen-bond donors (Lipinski definition) is 2. The molecule has 0 heterocycles. The van der Waals surface area contributed by atoms with Crippen LogP contribution in [0.2, 0.25) is 0 Å². The van der Waals surface area contributed by atoms with Crippen molar-refractivity contribution in [2.24, 2.45) is 5.92 Å². The maximum Gasteiger partial charge on any atom is 0.127 e. The molecule has 0 bridgehead atoms. The first kappa shape index (κ1) is 41.3. The molecule has 0 radical (unpaired) electrons. The molecule has 2 atom stereocenters. The molecular formula is C43H72O3P2. The number of benzene rings is 2. The van der Waals surface area contributed by atoms with Crippen LogP contribution in [0.3, 0.4) is 0 Å². The molecule has 2 fully saturated rings. The van der Waals surface area contributed by atoms with Gasteiger partial charge in [0.2, 0.25) is 0 Å². The molecule has 2 aromatic rings. The summed E-state index contributed by atoms with van der Waals surface area (Å²) in [6.07, 6.45) is 15.0. The van der Waals surface area contributed by atoms with Crippen LogP contribution in [0.1, 0.15) is 170 Å². The minimum absolute atomic E-state index is 0.0768. The Balaban J connectivity index is 0.000000294. The molecule has 2 aliphatic rings. The molecule has 4 rings (SSSR count). The molecule has 2 saturated carbocycles. The van der Waals surface area contributed by atoms with Gasteiger partial charge in [-0.3, -0.25) is 0 Å². The van der Waals surface area contributed by atoms with E-state index >= 15 is 0 Å². The van der Waals surface area contributed by atoms with E-state index in [1.54, 1.807) is 25.7 Å². The summed E-state index contributed by atoms with van der Waals surface area (Å²) in [6.45, 7) is 29.2. The summed E-state index contributed by atoms with van der Waals surface area (Å²) in [7, 11) is 2.71. The van der Waals surface area contributed by atoms with Crippen LogP contribution in [-0.4, -0.2) is 34.3 Å². The summed E-state index contributed by atoms with van der Waals surface area (Å²) < 4.78 is 5.17. The van der Waals surface area contributed by atoms with Crippen LogP contribution in [0.25, 0.3) is 11.1 Å². The van der Waals surface area contributed by atoms with Crippen molar-refractivity contribution in [1.82, 2.24) is 0 Å². The fourth-order valence-corrected chi connectivity index (χ4v) is 11.8. The maximum absolute atomic E-state index is 11.4. The number of aromatic hydroxyl groups is 2. The Morgan fingerprint density at radius 2 is 1.00 bits per heavy atom. The third kappa shape index (κ3) is 10.9. The third-order valence-corrected chi connectivity index (χ3v) is 14.9. The van der Waals surface area contributed by atoms with Crippen molar-refractivity contribution in [1.29, 1.82) is 0 Å². The molecule has 2 aliphatic carbocycles. The zero-order chi connectivity index (χ0) is 36.2. The standard InChI is InChI=1S/C28H42O2.C15H30OP2/c1-25(2,3)17-13-19(23(29)21(15-17)27(7,8)9)20-14-18(26(4,5)6)16-22(24(20)30)28(10,11)12;1-13(10-11-16-17)12-18(14-6-2-3-7-14)15-8-4-5-9-15/h13-16,29-30H,1-12H3;13-15H,2-12,17H2,1H3. The van der Waals surface area contributed by atoms with E-state index < -0.39 is 0 Å². The average Bonchev–Trinajstić information content (AvgIpc) is 3.68. The van der Waals surface area contributed by atoms with Gasteiger partial charge in [0, 0.05) is 31.7 Å². The second-order valence-electron chi connectivity index (χ2n) is 19.2. The van der Waals surface area contributed by atoms with Crippen molar-refractivity contribution in [3.8, 4) is 22.6 Å². The third-order valence-electron chi connectivity index (χ3n) is 10.7. The van der Waals surface area contributed by atoms with Gasteiger partial charge in [-0.25, -0.2) is 0 Å². The first-order valence-electron chi connectivity index (χ1n) is 18.9. The molecule has 2 N–H and O–H groups in total. The Morgan fingerprint density at radius 1 is 0.646 bits per heavy atom. The van der Waals surface area contributed by atoms with E-state index in [2.05, 4.69) is 124 Å². The lowest BCUT2D eigenvalue weighted by atomic mass is 9.75. The van der Waals surface area contributed by atoms with Gasteiger partial charge >= 0.3 is 0 Å². The van der Waals surface area contributed by atoms with E-state index in [-0.39, 0.29) is 33.2 Å². The lowest BCUT2D eigenvalue weighted by Crippen LogP contribution is -2.18. The van der Waals surface area contributed by atoms with E-state index in [9.17, 15) is 10.2 Å². The number of hydrogen-bond acceptors (Lipinski definition) is 3. The van der Waals surface area contributed by atoms with Crippen LogP contribution in [-0.2, 0) is 26.2 Å². The van der Waals surface area contributed by atoms with Crippen molar-refractivity contribution in [3.63, 3.8) is 0 Å². The SMILES string of the molecule is CC(C)(C)c1cc(-c2cc(C(C)(C)C)cc(C(C)(C)C)c2O)c(O)c(C(C)(C)C)c1.CC(CCOP)CP(C1CCCC1)C1CCCC1. The van der Waals surface area contributed by atoms with Crippen molar-refractivity contribution in [2.45, 2.75) is 181 Å². The minimum Gasteiger partial charge on any atom is -0.507 e. The van der Waals surface area contributed by atoms with Gasteiger partial charge in [0.1, 0.15) is 11.5 Å². The van der Waals surface area contributed by atoms with Gasteiger partial charge in [-0.2, -0.15) is 0 Å². The Bertz CT molecular complexity index is 1230. The average molecular weight is 699 g/mol. The monoisotopic (exact) mass is 698 g/mol. The fourth-order valence-electron chi connectivity index (χ4n) is 7.48. The Kier molecular flexibility index (Phi) is 14.2. The molecule has 0 spiro atoms.